The predicted octanol–water partition coefficient (Wildman–Crippen LogP) is 1.90. The van der Waals surface area contributed by atoms with Crippen LogP contribution in [0, 0.1) is 0 Å². The first-order chi connectivity index (χ1) is 8.76. The zero-order chi connectivity index (χ0) is 13.2. The first kappa shape index (κ1) is 14.3. The van der Waals surface area contributed by atoms with E-state index in [1.807, 2.05) is 24.3 Å². The summed E-state index contributed by atoms with van der Waals surface area (Å²) in [5, 5.41) is 3.20. The number of methoxy groups -OCH3 is 1. The zero-order valence-corrected chi connectivity index (χ0v) is 10.8. The van der Waals surface area contributed by atoms with Crippen LogP contribution in [-0.4, -0.2) is 26.2 Å². The van der Waals surface area contributed by atoms with Crippen molar-refractivity contribution in [3.05, 3.63) is 42.0 Å². The topological polar surface area (TPSA) is 47.6 Å². The lowest BCUT2D eigenvalue weighted by Gasteiger charge is -2.03. The van der Waals surface area contributed by atoms with E-state index in [2.05, 4.69) is 5.32 Å². The second-order valence-corrected chi connectivity index (χ2v) is 3.63. The summed E-state index contributed by atoms with van der Waals surface area (Å²) in [5.41, 5.74) is 1.17. The van der Waals surface area contributed by atoms with Crippen LogP contribution in [0.3, 0.4) is 0 Å². The van der Waals surface area contributed by atoms with Gasteiger partial charge in [-0.1, -0.05) is 18.2 Å². The SMILES string of the molecule is CCOC(=O)/C=C/CNCc1ccc(OC)cc1. The molecule has 4 heteroatoms. The summed E-state index contributed by atoms with van der Waals surface area (Å²) in [6.45, 7) is 3.57. The van der Waals surface area contributed by atoms with Gasteiger partial charge in [0.1, 0.15) is 5.75 Å². The average Bonchev–Trinajstić information content (AvgIpc) is 2.39. The molecule has 98 valence electrons. The second-order valence-electron chi connectivity index (χ2n) is 3.63. The lowest BCUT2D eigenvalue weighted by molar-refractivity contribution is -0.137. The van der Waals surface area contributed by atoms with Crippen LogP contribution >= 0.6 is 0 Å². The number of carbonyl (C=O) groups is 1. The molecule has 0 radical (unpaired) electrons. The van der Waals surface area contributed by atoms with Crippen LogP contribution in [0.25, 0.3) is 0 Å². The largest absolute Gasteiger partial charge is 0.497 e. The van der Waals surface area contributed by atoms with Gasteiger partial charge in [0.15, 0.2) is 0 Å². The van der Waals surface area contributed by atoms with Gasteiger partial charge in [0.25, 0.3) is 0 Å². The third-order valence-electron chi connectivity index (χ3n) is 2.29. The van der Waals surface area contributed by atoms with Crippen molar-refractivity contribution >= 4 is 5.97 Å². The van der Waals surface area contributed by atoms with Gasteiger partial charge >= 0.3 is 5.97 Å². The first-order valence-electron chi connectivity index (χ1n) is 5.93. The van der Waals surface area contributed by atoms with Crippen LogP contribution < -0.4 is 10.1 Å². The van der Waals surface area contributed by atoms with Gasteiger partial charge < -0.3 is 14.8 Å². The van der Waals surface area contributed by atoms with E-state index in [1.54, 1.807) is 20.1 Å². The molecular formula is C14H19NO3. The fourth-order valence-corrected chi connectivity index (χ4v) is 1.39. The van der Waals surface area contributed by atoms with Crippen LogP contribution in [0.4, 0.5) is 0 Å². The Morgan fingerprint density at radius 2 is 2.06 bits per heavy atom. The molecule has 0 atom stereocenters. The fraction of sp³-hybridized carbons (Fsp3) is 0.357. The minimum absolute atomic E-state index is 0.302. The Morgan fingerprint density at radius 1 is 1.33 bits per heavy atom. The molecule has 0 aliphatic carbocycles. The minimum Gasteiger partial charge on any atom is -0.497 e. The van der Waals surface area contributed by atoms with E-state index in [4.69, 9.17) is 9.47 Å². The number of hydrogen-bond donors (Lipinski definition) is 1. The highest BCUT2D eigenvalue weighted by atomic mass is 16.5. The molecule has 0 saturated heterocycles. The summed E-state index contributed by atoms with van der Waals surface area (Å²) in [4.78, 5) is 11.0. The smallest absolute Gasteiger partial charge is 0.330 e. The van der Waals surface area contributed by atoms with Crippen molar-refractivity contribution < 1.29 is 14.3 Å². The van der Waals surface area contributed by atoms with Crippen molar-refractivity contribution in [2.45, 2.75) is 13.5 Å². The van der Waals surface area contributed by atoms with E-state index in [1.165, 1.54) is 11.6 Å². The molecule has 0 saturated carbocycles. The highest BCUT2D eigenvalue weighted by Crippen LogP contribution is 2.10. The summed E-state index contributed by atoms with van der Waals surface area (Å²) in [7, 11) is 1.65. The van der Waals surface area contributed by atoms with E-state index < -0.39 is 0 Å². The lowest BCUT2D eigenvalue weighted by Crippen LogP contribution is -2.13. The van der Waals surface area contributed by atoms with Gasteiger partial charge in [0, 0.05) is 19.2 Å². The summed E-state index contributed by atoms with van der Waals surface area (Å²) in [6.07, 6.45) is 3.19. The molecule has 0 bridgehead atoms. The Kier molecular flexibility index (Phi) is 6.58. The molecule has 0 aliphatic rings. The molecule has 0 unspecified atom stereocenters. The number of nitrogens with one attached hydrogen (secondary N) is 1. The first-order valence-corrected chi connectivity index (χ1v) is 5.93. The van der Waals surface area contributed by atoms with Gasteiger partial charge in [-0.3, -0.25) is 0 Å². The van der Waals surface area contributed by atoms with Gasteiger partial charge in [0.2, 0.25) is 0 Å². The third-order valence-corrected chi connectivity index (χ3v) is 2.29. The molecular weight excluding hydrogens is 230 g/mol. The highest BCUT2D eigenvalue weighted by Gasteiger charge is 1.94. The Hall–Kier alpha value is -1.81. The summed E-state index contributed by atoms with van der Waals surface area (Å²) in [6, 6.07) is 7.85. The van der Waals surface area contributed by atoms with Crippen molar-refractivity contribution in [3.8, 4) is 5.75 Å². The molecule has 0 fully saturated rings. The molecule has 0 heterocycles. The number of hydrogen-bond acceptors (Lipinski definition) is 4. The molecule has 18 heavy (non-hydrogen) atoms. The number of carbonyl (C=O) groups excluding carboxylic acids is 1. The molecule has 0 amide bonds. The molecule has 1 aromatic rings. The average molecular weight is 249 g/mol. The summed E-state index contributed by atoms with van der Waals surface area (Å²) >= 11 is 0. The Morgan fingerprint density at radius 3 is 2.67 bits per heavy atom. The van der Waals surface area contributed by atoms with E-state index in [0.29, 0.717) is 13.2 Å². The molecule has 4 nitrogen and oxygen atoms in total. The number of rotatable bonds is 7. The van der Waals surface area contributed by atoms with E-state index in [-0.39, 0.29) is 5.97 Å². The standard InChI is InChI=1S/C14H19NO3/c1-3-18-14(16)5-4-10-15-11-12-6-8-13(17-2)9-7-12/h4-9,15H,3,10-11H2,1-2H3/b5-4+. The lowest BCUT2D eigenvalue weighted by atomic mass is 10.2. The van der Waals surface area contributed by atoms with Crippen LogP contribution in [0.2, 0.25) is 0 Å². The number of ether oxygens (including phenoxy) is 2. The van der Waals surface area contributed by atoms with Gasteiger partial charge in [-0.2, -0.15) is 0 Å². The van der Waals surface area contributed by atoms with Crippen molar-refractivity contribution in [1.82, 2.24) is 5.32 Å². The third kappa shape index (κ3) is 5.50. The monoisotopic (exact) mass is 249 g/mol. The Balaban J connectivity index is 2.23. The summed E-state index contributed by atoms with van der Waals surface area (Å²) in [5.74, 6) is 0.546. The van der Waals surface area contributed by atoms with Crippen LogP contribution in [0.5, 0.6) is 5.75 Å². The van der Waals surface area contributed by atoms with Crippen molar-refractivity contribution in [2.75, 3.05) is 20.3 Å². The maximum atomic E-state index is 11.0. The Labute approximate surface area is 108 Å². The van der Waals surface area contributed by atoms with E-state index >= 15 is 0 Å². The van der Waals surface area contributed by atoms with Gasteiger partial charge in [-0.05, 0) is 24.6 Å². The summed E-state index contributed by atoms with van der Waals surface area (Å²) < 4.78 is 9.84. The van der Waals surface area contributed by atoms with E-state index in [0.717, 1.165) is 12.3 Å². The second kappa shape index (κ2) is 8.31. The molecule has 0 aliphatic heterocycles. The molecule has 1 aromatic carbocycles. The number of esters is 1. The highest BCUT2D eigenvalue weighted by molar-refractivity contribution is 5.81. The van der Waals surface area contributed by atoms with Crippen molar-refractivity contribution in [3.63, 3.8) is 0 Å². The maximum Gasteiger partial charge on any atom is 0.330 e. The molecule has 0 spiro atoms. The molecule has 1 rings (SSSR count). The van der Waals surface area contributed by atoms with Crippen LogP contribution in [0.1, 0.15) is 12.5 Å². The number of benzene rings is 1. The predicted molar refractivity (Wildman–Crippen MR) is 70.5 cm³/mol. The van der Waals surface area contributed by atoms with Crippen LogP contribution in [-0.2, 0) is 16.1 Å². The molecule has 0 aromatic heterocycles. The van der Waals surface area contributed by atoms with Gasteiger partial charge in [-0.25, -0.2) is 4.79 Å². The maximum absolute atomic E-state index is 11.0. The van der Waals surface area contributed by atoms with E-state index in [9.17, 15) is 4.79 Å². The van der Waals surface area contributed by atoms with Crippen molar-refractivity contribution in [2.24, 2.45) is 0 Å². The minimum atomic E-state index is -0.302. The van der Waals surface area contributed by atoms with Gasteiger partial charge in [-0.15, -0.1) is 0 Å². The Bertz CT molecular complexity index is 385. The normalized spacial score (nSPS) is 10.6. The quantitative estimate of drug-likeness (QED) is 0.455. The van der Waals surface area contributed by atoms with Crippen LogP contribution in [0.15, 0.2) is 36.4 Å². The van der Waals surface area contributed by atoms with Crippen molar-refractivity contribution in [1.29, 1.82) is 0 Å². The molecule has 1 N–H and O–H groups in total. The fourth-order valence-electron chi connectivity index (χ4n) is 1.39. The van der Waals surface area contributed by atoms with Gasteiger partial charge in [0.05, 0.1) is 13.7 Å². The zero-order valence-electron chi connectivity index (χ0n) is 10.8.